The van der Waals surface area contributed by atoms with E-state index in [2.05, 4.69) is 15.5 Å². The molecule has 2 heterocycles. The Labute approximate surface area is 172 Å². The Hall–Kier alpha value is -3.94. The smallest absolute Gasteiger partial charge is 0.379 e. The van der Waals surface area contributed by atoms with Gasteiger partial charge in [0.2, 0.25) is 5.76 Å². The van der Waals surface area contributed by atoms with E-state index in [9.17, 15) is 14.7 Å². The van der Waals surface area contributed by atoms with Crippen molar-refractivity contribution in [3.8, 4) is 11.5 Å². The van der Waals surface area contributed by atoms with Crippen molar-refractivity contribution < 1.29 is 23.8 Å². The SMILES string of the molecule is Cc1c(C(=O)Oc2cccnc2)oc2c1/C(=N/NC(=O)c1ccc(O)cc1)CCC2. The number of ether oxygens (including phenoxy) is 1. The molecule has 0 saturated carbocycles. The minimum absolute atomic E-state index is 0.0782. The number of rotatable bonds is 4. The predicted molar refractivity (Wildman–Crippen MR) is 108 cm³/mol. The molecule has 30 heavy (non-hydrogen) atoms. The number of phenolic OH excluding ortho intramolecular Hbond substituents is 1. The number of benzene rings is 1. The summed E-state index contributed by atoms with van der Waals surface area (Å²) in [6, 6.07) is 9.18. The van der Waals surface area contributed by atoms with Crippen molar-refractivity contribution in [3.63, 3.8) is 0 Å². The first kappa shape index (κ1) is 19.4. The molecular weight excluding hydrogens is 386 g/mol. The van der Waals surface area contributed by atoms with Gasteiger partial charge in [0.05, 0.1) is 11.9 Å². The third kappa shape index (κ3) is 3.93. The minimum Gasteiger partial charge on any atom is -0.508 e. The first-order chi connectivity index (χ1) is 14.5. The summed E-state index contributed by atoms with van der Waals surface area (Å²) in [6.07, 6.45) is 5.12. The fourth-order valence-electron chi connectivity index (χ4n) is 3.33. The highest BCUT2D eigenvalue weighted by atomic mass is 16.5. The van der Waals surface area contributed by atoms with E-state index in [-0.39, 0.29) is 11.5 Å². The quantitative estimate of drug-likeness (QED) is 0.508. The van der Waals surface area contributed by atoms with Crippen molar-refractivity contribution in [1.29, 1.82) is 0 Å². The van der Waals surface area contributed by atoms with Gasteiger partial charge in [0.15, 0.2) is 0 Å². The summed E-state index contributed by atoms with van der Waals surface area (Å²) < 4.78 is 11.1. The fourth-order valence-corrected chi connectivity index (χ4v) is 3.33. The molecule has 8 heteroatoms. The molecule has 0 radical (unpaired) electrons. The number of hydrogen-bond acceptors (Lipinski definition) is 7. The second-order valence-electron chi connectivity index (χ2n) is 6.83. The molecule has 152 valence electrons. The first-order valence-electron chi connectivity index (χ1n) is 9.43. The molecule has 0 aliphatic heterocycles. The third-order valence-corrected chi connectivity index (χ3v) is 4.78. The highest BCUT2D eigenvalue weighted by Crippen LogP contribution is 2.30. The Morgan fingerprint density at radius 3 is 2.73 bits per heavy atom. The van der Waals surface area contributed by atoms with Crippen molar-refractivity contribution >= 4 is 17.6 Å². The number of nitrogens with zero attached hydrogens (tertiary/aromatic N) is 2. The van der Waals surface area contributed by atoms with E-state index in [1.807, 2.05) is 0 Å². The fraction of sp³-hybridized carbons (Fsp3) is 0.182. The van der Waals surface area contributed by atoms with E-state index in [4.69, 9.17) is 9.15 Å². The van der Waals surface area contributed by atoms with Gasteiger partial charge >= 0.3 is 5.97 Å². The number of pyridine rings is 1. The van der Waals surface area contributed by atoms with Crippen LogP contribution in [-0.2, 0) is 6.42 Å². The lowest BCUT2D eigenvalue weighted by Gasteiger charge is -2.13. The summed E-state index contributed by atoms with van der Waals surface area (Å²) in [5.74, 6) is 0.160. The molecule has 0 saturated heterocycles. The number of nitrogens with one attached hydrogen (secondary N) is 1. The van der Waals surface area contributed by atoms with Gasteiger partial charge in [-0.3, -0.25) is 9.78 Å². The van der Waals surface area contributed by atoms with Crippen LogP contribution >= 0.6 is 0 Å². The van der Waals surface area contributed by atoms with Crippen LogP contribution in [0.25, 0.3) is 0 Å². The number of esters is 1. The van der Waals surface area contributed by atoms with Crippen molar-refractivity contribution in [2.24, 2.45) is 5.10 Å². The van der Waals surface area contributed by atoms with Crippen molar-refractivity contribution in [2.45, 2.75) is 26.2 Å². The summed E-state index contributed by atoms with van der Waals surface area (Å²) in [6.45, 7) is 1.77. The van der Waals surface area contributed by atoms with E-state index in [0.29, 0.717) is 41.2 Å². The van der Waals surface area contributed by atoms with Crippen LogP contribution in [0.4, 0.5) is 0 Å². The molecule has 4 rings (SSSR count). The minimum atomic E-state index is -0.609. The molecular formula is C22H19N3O5. The third-order valence-electron chi connectivity index (χ3n) is 4.78. The number of carbonyl (C=O) groups is 2. The van der Waals surface area contributed by atoms with Crippen LogP contribution in [-0.4, -0.2) is 27.7 Å². The van der Waals surface area contributed by atoms with E-state index >= 15 is 0 Å². The number of aromatic hydroxyl groups is 1. The van der Waals surface area contributed by atoms with Crippen LogP contribution in [0.3, 0.4) is 0 Å². The summed E-state index contributed by atoms with van der Waals surface area (Å²) >= 11 is 0. The van der Waals surface area contributed by atoms with Crippen LogP contribution in [0.5, 0.6) is 11.5 Å². The zero-order valence-electron chi connectivity index (χ0n) is 16.2. The number of phenols is 1. The number of hydrogen-bond donors (Lipinski definition) is 2. The lowest BCUT2D eigenvalue weighted by Crippen LogP contribution is -2.22. The van der Waals surface area contributed by atoms with Gasteiger partial charge in [-0.05, 0) is 56.2 Å². The van der Waals surface area contributed by atoms with Gasteiger partial charge in [0.1, 0.15) is 17.3 Å². The number of aromatic nitrogens is 1. The van der Waals surface area contributed by atoms with Gasteiger partial charge in [0, 0.05) is 29.3 Å². The van der Waals surface area contributed by atoms with Crippen molar-refractivity contribution in [2.75, 3.05) is 0 Å². The first-order valence-corrected chi connectivity index (χ1v) is 9.43. The number of aryl methyl sites for hydroxylation is 1. The zero-order valence-corrected chi connectivity index (χ0v) is 16.2. The molecule has 1 aliphatic rings. The van der Waals surface area contributed by atoms with Crippen molar-refractivity contribution in [3.05, 3.63) is 77.0 Å². The summed E-state index contributed by atoms with van der Waals surface area (Å²) in [4.78, 5) is 28.8. The van der Waals surface area contributed by atoms with Gasteiger partial charge in [-0.1, -0.05) is 0 Å². The average Bonchev–Trinajstić information content (AvgIpc) is 3.10. The van der Waals surface area contributed by atoms with Crippen LogP contribution in [0.1, 0.15) is 50.6 Å². The lowest BCUT2D eigenvalue weighted by molar-refractivity contribution is 0.0697. The molecule has 0 fully saturated rings. The zero-order chi connectivity index (χ0) is 21.1. The van der Waals surface area contributed by atoms with Crippen LogP contribution in [0.15, 0.2) is 58.3 Å². The maximum Gasteiger partial charge on any atom is 0.379 e. The molecule has 1 aromatic carbocycles. The van der Waals surface area contributed by atoms with Gasteiger partial charge in [-0.15, -0.1) is 0 Å². The lowest BCUT2D eigenvalue weighted by atomic mass is 9.93. The maximum absolute atomic E-state index is 12.6. The molecule has 0 bridgehead atoms. The topological polar surface area (TPSA) is 114 Å². The summed E-state index contributed by atoms with van der Waals surface area (Å²) in [5, 5.41) is 13.6. The van der Waals surface area contributed by atoms with Crippen LogP contribution in [0.2, 0.25) is 0 Å². The standard InChI is InChI=1S/C22H19N3O5/c1-13-19-17(24-25-21(27)14-7-9-15(26)10-8-14)5-2-6-18(19)30-20(13)22(28)29-16-4-3-11-23-12-16/h3-4,7-12,26H,2,5-6H2,1H3,(H,25,27)/b24-17+. The molecule has 1 aliphatic carbocycles. The summed E-state index contributed by atoms with van der Waals surface area (Å²) in [5.41, 5.74) is 4.90. The Bertz CT molecular complexity index is 1120. The molecule has 3 aromatic rings. The molecule has 1 amide bonds. The predicted octanol–water partition coefficient (Wildman–Crippen LogP) is 3.38. The van der Waals surface area contributed by atoms with Gasteiger partial charge in [-0.25, -0.2) is 10.2 Å². The highest BCUT2D eigenvalue weighted by Gasteiger charge is 2.29. The number of carbonyl (C=O) groups excluding carboxylic acids is 2. The molecule has 0 atom stereocenters. The number of amides is 1. The summed E-state index contributed by atoms with van der Waals surface area (Å²) in [7, 11) is 0. The monoisotopic (exact) mass is 405 g/mol. The van der Waals surface area contributed by atoms with Gasteiger partial charge < -0.3 is 14.3 Å². The Balaban J connectivity index is 1.56. The normalized spacial score (nSPS) is 14.2. The average molecular weight is 405 g/mol. The number of furan rings is 1. The van der Waals surface area contributed by atoms with E-state index < -0.39 is 11.9 Å². The number of fused-ring (bicyclic) bond motifs is 1. The van der Waals surface area contributed by atoms with E-state index in [0.717, 1.165) is 12.0 Å². The number of hydrazone groups is 1. The maximum atomic E-state index is 12.6. The highest BCUT2D eigenvalue weighted by molar-refractivity contribution is 6.06. The molecule has 2 N–H and O–H groups in total. The Morgan fingerprint density at radius 1 is 1.20 bits per heavy atom. The molecule has 0 unspecified atom stereocenters. The molecule has 8 nitrogen and oxygen atoms in total. The largest absolute Gasteiger partial charge is 0.508 e. The van der Waals surface area contributed by atoms with E-state index in [1.54, 1.807) is 25.3 Å². The van der Waals surface area contributed by atoms with Gasteiger partial charge in [-0.2, -0.15) is 5.10 Å². The molecule has 2 aromatic heterocycles. The Morgan fingerprint density at radius 2 is 2.00 bits per heavy atom. The van der Waals surface area contributed by atoms with Crippen LogP contribution in [0, 0.1) is 6.92 Å². The second-order valence-corrected chi connectivity index (χ2v) is 6.83. The van der Waals surface area contributed by atoms with Crippen LogP contribution < -0.4 is 10.2 Å². The second kappa shape index (κ2) is 8.20. The van der Waals surface area contributed by atoms with E-state index in [1.165, 1.54) is 30.5 Å². The molecule has 0 spiro atoms. The Kier molecular flexibility index (Phi) is 5.30. The van der Waals surface area contributed by atoms with Crippen molar-refractivity contribution in [1.82, 2.24) is 10.4 Å². The van der Waals surface area contributed by atoms with Gasteiger partial charge in [0.25, 0.3) is 5.91 Å².